The SMILES string of the molecule is C=C(OC(=C)c1c(Cl)c(Cl)c(Cl)c(Cl)c1Cl)c1c(Cl)c(Cl)c(Cl)c(Cl)c1Cl. The summed E-state index contributed by atoms with van der Waals surface area (Å²) in [5.41, 5.74) is 0.217. The second kappa shape index (κ2) is 9.18. The standard InChI is InChI=1S/C16H4Cl10O/c1-3(5-7(17)11(21)15(25)12(22)8(5)18)27-4(2)6-9(19)13(23)16(26)14(24)10(6)20/h1-2H2. The molecular formula is C16H4Cl10O. The molecular weight excluding hydrogens is 563 g/mol. The van der Waals surface area contributed by atoms with Crippen molar-refractivity contribution >= 4 is 128 Å². The van der Waals surface area contributed by atoms with Gasteiger partial charge in [-0.1, -0.05) is 129 Å². The van der Waals surface area contributed by atoms with Crippen molar-refractivity contribution in [3.05, 3.63) is 74.5 Å². The van der Waals surface area contributed by atoms with Crippen molar-refractivity contribution in [2.24, 2.45) is 0 Å². The molecule has 0 heterocycles. The van der Waals surface area contributed by atoms with Crippen LogP contribution in [0, 0.1) is 0 Å². The second-order valence-corrected chi connectivity index (χ2v) is 8.62. The van der Waals surface area contributed by atoms with Crippen LogP contribution in [0.4, 0.5) is 0 Å². The zero-order chi connectivity index (χ0) is 20.8. The number of rotatable bonds is 4. The molecule has 0 N–H and O–H groups in total. The van der Waals surface area contributed by atoms with Gasteiger partial charge in [-0.25, -0.2) is 0 Å². The maximum atomic E-state index is 6.19. The number of benzene rings is 2. The number of hydrogen-bond donors (Lipinski definition) is 0. The van der Waals surface area contributed by atoms with E-state index in [1.165, 1.54) is 0 Å². The maximum absolute atomic E-state index is 6.19. The van der Waals surface area contributed by atoms with Gasteiger partial charge in [-0.05, 0) is 0 Å². The van der Waals surface area contributed by atoms with E-state index in [-0.39, 0.29) is 72.9 Å². The van der Waals surface area contributed by atoms with Gasteiger partial charge in [0.05, 0.1) is 61.4 Å². The second-order valence-electron chi connectivity index (χ2n) is 4.84. The van der Waals surface area contributed by atoms with Crippen LogP contribution in [0.15, 0.2) is 13.2 Å². The summed E-state index contributed by atoms with van der Waals surface area (Å²) < 4.78 is 5.60. The first-order chi connectivity index (χ1) is 12.4. The third-order valence-electron chi connectivity index (χ3n) is 3.22. The number of ether oxygens (including phenoxy) is 1. The predicted octanol–water partition coefficient (Wildman–Crippen LogP) is 10.9. The van der Waals surface area contributed by atoms with E-state index in [9.17, 15) is 0 Å². The van der Waals surface area contributed by atoms with Crippen molar-refractivity contribution < 1.29 is 4.74 Å². The highest BCUT2D eigenvalue weighted by Gasteiger charge is 2.25. The Kier molecular flexibility index (Phi) is 8.13. The van der Waals surface area contributed by atoms with Gasteiger partial charge in [0.15, 0.2) is 0 Å². The van der Waals surface area contributed by atoms with E-state index in [1.807, 2.05) is 0 Å². The summed E-state index contributed by atoms with van der Waals surface area (Å²) in [6.07, 6.45) is 0. The molecule has 144 valence electrons. The molecule has 0 fully saturated rings. The highest BCUT2D eigenvalue weighted by molar-refractivity contribution is 6.57. The number of hydrogen-bond acceptors (Lipinski definition) is 1. The largest absolute Gasteiger partial charge is 0.457 e. The third kappa shape index (κ3) is 4.39. The Bertz CT molecular complexity index is 858. The van der Waals surface area contributed by atoms with Gasteiger partial charge in [0.2, 0.25) is 0 Å². The van der Waals surface area contributed by atoms with Gasteiger partial charge in [0.25, 0.3) is 0 Å². The molecule has 0 aromatic heterocycles. The molecule has 27 heavy (non-hydrogen) atoms. The van der Waals surface area contributed by atoms with Gasteiger partial charge in [-0.15, -0.1) is 0 Å². The van der Waals surface area contributed by atoms with Crippen LogP contribution < -0.4 is 0 Å². The van der Waals surface area contributed by atoms with Gasteiger partial charge < -0.3 is 4.74 Å². The Balaban J connectivity index is 2.52. The van der Waals surface area contributed by atoms with Crippen molar-refractivity contribution in [1.82, 2.24) is 0 Å². The molecule has 2 aromatic rings. The minimum absolute atomic E-state index is 0.00827. The molecule has 0 bridgehead atoms. The Labute approximate surface area is 205 Å². The first-order valence-corrected chi connectivity index (χ1v) is 10.3. The van der Waals surface area contributed by atoms with Gasteiger partial charge in [0.1, 0.15) is 11.5 Å². The van der Waals surface area contributed by atoms with E-state index in [4.69, 9.17) is 121 Å². The normalized spacial score (nSPS) is 10.9. The first-order valence-electron chi connectivity index (χ1n) is 6.51. The van der Waals surface area contributed by atoms with Gasteiger partial charge in [-0.2, -0.15) is 0 Å². The lowest BCUT2D eigenvalue weighted by atomic mass is 10.1. The monoisotopic (exact) mass is 562 g/mol. The minimum atomic E-state index is -0.0511. The van der Waals surface area contributed by atoms with Crippen LogP contribution in [0.25, 0.3) is 11.5 Å². The van der Waals surface area contributed by atoms with Crippen molar-refractivity contribution in [1.29, 1.82) is 0 Å². The summed E-state index contributed by atoms with van der Waals surface area (Å²) in [6, 6.07) is 0. The molecule has 0 atom stereocenters. The zero-order valence-electron chi connectivity index (χ0n) is 12.6. The fourth-order valence-corrected chi connectivity index (χ4v) is 4.65. The van der Waals surface area contributed by atoms with Crippen molar-refractivity contribution in [2.45, 2.75) is 0 Å². The first kappa shape index (κ1) is 23.9. The summed E-state index contributed by atoms with van der Waals surface area (Å²) in [4.78, 5) is 0. The lowest BCUT2D eigenvalue weighted by molar-refractivity contribution is 0.474. The average Bonchev–Trinajstić information content (AvgIpc) is 2.61. The van der Waals surface area contributed by atoms with Gasteiger partial charge >= 0.3 is 0 Å². The van der Waals surface area contributed by atoms with E-state index in [0.717, 1.165) is 0 Å². The Morgan fingerprint density at radius 1 is 0.407 bits per heavy atom. The summed E-state index contributed by atoms with van der Waals surface area (Å²) in [6.45, 7) is 7.51. The van der Waals surface area contributed by atoms with E-state index in [0.29, 0.717) is 0 Å². The van der Waals surface area contributed by atoms with Gasteiger partial charge in [0, 0.05) is 0 Å². The molecule has 0 unspecified atom stereocenters. The summed E-state index contributed by atoms with van der Waals surface area (Å²) in [5, 5.41) is -0.165. The van der Waals surface area contributed by atoms with E-state index in [2.05, 4.69) is 13.2 Å². The van der Waals surface area contributed by atoms with Crippen LogP contribution in [-0.2, 0) is 4.74 Å². The van der Waals surface area contributed by atoms with Crippen LogP contribution in [-0.4, -0.2) is 0 Å². The quantitative estimate of drug-likeness (QED) is 0.203. The molecule has 11 heteroatoms. The fourth-order valence-electron chi connectivity index (χ4n) is 1.95. The van der Waals surface area contributed by atoms with Crippen molar-refractivity contribution in [2.75, 3.05) is 0 Å². The van der Waals surface area contributed by atoms with Crippen LogP contribution in [0.2, 0.25) is 50.2 Å². The molecule has 0 spiro atoms. The molecule has 2 aromatic carbocycles. The fraction of sp³-hybridized carbons (Fsp3) is 0. The maximum Gasteiger partial charge on any atom is 0.130 e. The van der Waals surface area contributed by atoms with E-state index < -0.39 is 0 Å². The minimum Gasteiger partial charge on any atom is -0.457 e. The average molecular weight is 567 g/mol. The molecule has 0 saturated heterocycles. The molecule has 0 aliphatic heterocycles. The highest BCUT2D eigenvalue weighted by atomic mass is 35.5. The van der Waals surface area contributed by atoms with Crippen LogP contribution in [0.5, 0.6) is 0 Å². The molecule has 2 rings (SSSR count). The summed E-state index contributed by atoms with van der Waals surface area (Å²) >= 11 is 60.9. The molecule has 0 aliphatic carbocycles. The Morgan fingerprint density at radius 3 is 0.815 bits per heavy atom. The molecule has 0 saturated carbocycles. The lowest BCUT2D eigenvalue weighted by Gasteiger charge is -2.18. The molecule has 0 amide bonds. The molecule has 0 radical (unpaired) electrons. The third-order valence-corrected chi connectivity index (χ3v) is 7.78. The van der Waals surface area contributed by atoms with Gasteiger partial charge in [-0.3, -0.25) is 0 Å². The molecule has 0 aliphatic rings. The molecule has 1 nitrogen and oxygen atoms in total. The van der Waals surface area contributed by atoms with Crippen LogP contribution >= 0.6 is 116 Å². The van der Waals surface area contributed by atoms with Crippen molar-refractivity contribution in [3.8, 4) is 0 Å². The smallest absolute Gasteiger partial charge is 0.130 e. The van der Waals surface area contributed by atoms with E-state index in [1.54, 1.807) is 0 Å². The summed E-state index contributed by atoms with van der Waals surface area (Å²) in [7, 11) is 0. The highest BCUT2D eigenvalue weighted by Crippen LogP contribution is 2.49. The van der Waals surface area contributed by atoms with Crippen LogP contribution in [0.3, 0.4) is 0 Å². The predicted molar refractivity (Wildman–Crippen MR) is 122 cm³/mol. The zero-order valence-corrected chi connectivity index (χ0v) is 20.2. The number of halogens is 10. The topological polar surface area (TPSA) is 9.23 Å². The van der Waals surface area contributed by atoms with E-state index >= 15 is 0 Å². The lowest BCUT2D eigenvalue weighted by Crippen LogP contribution is -1.97. The van der Waals surface area contributed by atoms with Crippen LogP contribution in [0.1, 0.15) is 11.1 Å². The Hall–Kier alpha value is 0.620. The Morgan fingerprint density at radius 2 is 0.593 bits per heavy atom. The van der Waals surface area contributed by atoms with Crippen molar-refractivity contribution in [3.63, 3.8) is 0 Å². The summed E-state index contributed by atoms with van der Waals surface area (Å²) in [5.74, 6) is -0.102.